The highest BCUT2D eigenvalue weighted by molar-refractivity contribution is 14.1. The first-order valence-electron chi connectivity index (χ1n) is 1.95. The maximum absolute atomic E-state index is 9.97. The zero-order valence-electron chi connectivity index (χ0n) is 3.85. The molecule has 0 atom stereocenters. The van der Waals surface area contributed by atoms with Crippen molar-refractivity contribution in [3.63, 3.8) is 0 Å². The van der Waals surface area contributed by atoms with Crippen molar-refractivity contribution in [1.82, 2.24) is 0 Å². The van der Waals surface area contributed by atoms with Crippen LogP contribution in [0, 0.1) is 3.57 Å². The van der Waals surface area contributed by atoms with Crippen molar-refractivity contribution in [2.75, 3.05) is 0 Å². The number of halogens is 1. The minimum absolute atomic E-state index is 0.700. The van der Waals surface area contributed by atoms with Crippen molar-refractivity contribution >= 4 is 40.2 Å². The molecular weight excluding hydrogens is 235 g/mol. The van der Waals surface area contributed by atoms with Gasteiger partial charge in [0.05, 0.1) is 4.88 Å². The zero-order valence-corrected chi connectivity index (χ0v) is 6.82. The van der Waals surface area contributed by atoms with Gasteiger partial charge in [0, 0.05) is 3.57 Å². The topological polar surface area (TPSA) is 17.1 Å². The van der Waals surface area contributed by atoms with Crippen LogP contribution in [-0.4, -0.2) is 6.29 Å². The predicted octanol–water partition coefficient (Wildman–Crippen LogP) is 1.81. The van der Waals surface area contributed by atoms with Crippen molar-refractivity contribution in [1.29, 1.82) is 0 Å². The standard InChI is InChI=1S/C5H2IOS/c6-4-1-2-8-5(4)3-7/h1-2H. The van der Waals surface area contributed by atoms with Crippen LogP contribution in [0.4, 0.5) is 0 Å². The van der Waals surface area contributed by atoms with Crippen molar-refractivity contribution < 1.29 is 4.79 Å². The van der Waals surface area contributed by atoms with E-state index in [2.05, 4.69) is 22.6 Å². The van der Waals surface area contributed by atoms with Gasteiger partial charge in [0.25, 0.3) is 0 Å². The molecule has 0 spiro atoms. The van der Waals surface area contributed by atoms with Crippen LogP contribution in [0.15, 0.2) is 11.4 Å². The summed E-state index contributed by atoms with van der Waals surface area (Å²) < 4.78 is 0.989. The van der Waals surface area contributed by atoms with Crippen molar-refractivity contribution in [2.24, 2.45) is 0 Å². The monoisotopic (exact) mass is 237 g/mol. The van der Waals surface area contributed by atoms with E-state index >= 15 is 0 Å². The Morgan fingerprint density at radius 1 is 1.75 bits per heavy atom. The van der Waals surface area contributed by atoms with E-state index < -0.39 is 0 Å². The molecule has 1 heterocycles. The minimum Gasteiger partial charge on any atom is -0.284 e. The molecule has 1 radical (unpaired) electrons. The zero-order chi connectivity index (χ0) is 5.98. The van der Waals surface area contributed by atoms with Gasteiger partial charge in [-0.25, -0.2) is 0 Å². The van der Waals surface area contributed by atoms with Crippen molar-refractivity contribution in [2.45, 2.75) is 0 Å². The first-order valence-corrected chi connectivity index (χ1v) is 3.91. The molecule has 41 valence electrons. The second kappa shape index (κ2) is 2.59. The number of rotatable bonds is 1. The van der Waals surface area contributed by atoms with Gasteiger partial charge in [0.2, 0.25) is 6.29 Å². The molecule has 3 heteroatoms. The smallest absolute Gasteiger partial charge is 0.245 e. The van der Waals surface area contributed by atoms with Gasteiger partial charge in [0.1, 0.15) is 0 Å². The molecule has 1 rings (SSSR count). The molecule has 8 heavy (non-hydrogen) atoms. The molecule has 0 saturated carbocycles. The first-order chi connectivity index (χ1) is 3.84. The lowest BCUT2D eigenvalue weighted by atomic mass is 10.5. The Morgan fingerprint density at radius 3 is 2.75 bits per heavy atom. The molecule has 0 aliphatic rings. The van der Waals surface area contributed by atoms with Crippen molar-refractivity contribution in [3.05, 3.63) is 19.9 Å². The van der Waals surface area contributed by atoms with Crippen LogP contribution in [0.2, 0.25) is 0 Å². The number of hydrogen-bond donors (Lipinski definition) is 0. The van der Waals surface area contributed by atoms with E-state index in [1.165, 1.54) is 11.3 Å². The highest BCUT2D eigenvalue weighted by atomic mass is 127. The molecule has 0 saturated heterocycles. The molecule has 0 bridgehead atoms. The fraction of sp³-hybridized carbons (Fsp3) is 0. The number of hydrogen-bond acceptors (Lipinski definition) is 2. The number of thiophene rings is 1. The Balaban J connectivity index is 3.09. The summed E-state index contributed by atoms with van der Waals surface area (Å²) >= 11 is 3.52. The SMILES string of the molecule is O=[C]c1sccc1I. The summed E-state index contributed by atoms with van der Waals surface area (Å²) in [6, 6.07) is 1.89. The van der Waals surface area contributed by atoms with E-state index in [0.29, 0.717) is 4.88 Å². The average Bonchev–Trinajstić information content (AvgIpc) is 2.14. The van der Waals surface area contributed by atoms with E-state index in [-0.39, 0.29) is 0 Å². The molecule has 1 aromatic heterocycles. The molecule has 0 amide bonds. The highest BCUT2D eigenvalue weighted by Gasteiger charge is 1.96. The summed E-state index contributed by atoms with van der Waals surface area (Å²) in [5.74, 6) is 0. The fourth-order valence-electron chi connectivity index (χ4n) is 0.367. The lowest BCUT2D eigenvalue weighted by Gasteiger charge is -1.75. The largest absolute Gasteiger partial charge is 0.284 e. The van der Waals surface area contributed by atoms with Gasteiger partial charge in [-0.1, -0.05) is 0 Å². The quantitative estimate of drug-likeness (QED) is 0.681. The third kappa shape index (κ3) is 1.08. The normalized spacial score (nSPS) is 9.12. The van der Waals surface area contributed by atoms with Gasteiger partial charge in [-0.15, -0.1) is 11.3 Å². The summed E-state index contributed by atoms with van der Waals surface area (Å²) in [7, 11) is 0. The van der Waals surface area contributed by atoms with Crippen LogP contribution >= 0.6 is 33.9 Å². The molecule has 0 N–H and O–H groups in total. The first kappa shape index (κ1) is 6.22. The Morgan fingerprint density at radius 2 is 2.50 bits per heavy atom. The van der Waals surface area contributed by atoms with Crippen LogP contribution in [-0.2, 0) is 4.79 Å². The molecule has 0 fully saturated rings. The second-order valence-corrected chi connectivity index (χ2v) is 3.28. The van der Waals surface area contributed by atoms with Crippen LogP contribution in [0.3, 0.4) is 0 Å². The van der Waals surface area contributed by atoms with Crippen LogP contribution in [0.25, 0.3) is 0 Å². The molecule has 0 aliphatic carbocycles. The minimum atomic E-state index is 0.700. The maximum atomic E-state index is 9.97. The number of carbonyl (C=O) groups excluding carboxylic acids is 1. The summed E-state index contributed by atoms with van der Waals surface area (Å²) in [6.07, 6.45) is 1.84. The average molecular weight is 237 g/mol. The molecule has 0 unspecified atom stereocenters. The van der Waals surface area contributed by atoms with Gasteiger partial charge >= 0.3 is 0 Å². The second-order valence-electron chi connectivity index (χ2n) is 1.20. The van der Waals surface area contributed by atoms with Gasteiger partial charge in [0.15, 0.2) is 0 Å². The van der Waals surface area contributed by atoms with Crippen LogP contribution in [0.5, 0.6) is 0 Å². The Kier molecular flexibility index (Phi) is 2.01. The van der Waals surface area contributed by atoms with E-state index in [1.807, 2.05) is 17.7 Å². The molecule has 1 aromatic rings. The molecule has 0 aromatic carbocycles. The van der Waals surface area contributed by atoms with Gasteiger partial charge in [-0.05, 0) is 34.0 Å². The lowest BCUT2D eigenvalue weighted by Crippen LogP contribution is -1.72. The summed E-state index contributed by atoms with van der Waals surface area (Å²) in [5.41, 5.74) is 0. The summed E-state index contributed by atoms with van der Waals surface area (Å²) in [4.78, 5) is 10.7. The van der Waals surface area contributed by atoms with E-state index in [1.54, 1.807) is 0 Å². The lowest BCUT2D eigenvalue weighted by molar-refractivity contribution is 0.563. The van der Waals surface area contributed by atoms with Gasteiger partial charge < -0.3 is 0 Å². The van der Waals surface area contributed by atoms with E-state index in [0.717, 1.165) is 3.57 Å². The third-order valence-electron chi connectivity index (χ3n) is 0.710. The van der Waals surface area contributed by atoms with E-state index in [9.17, 15) is 4.79 Å². The van der Waals surface area contributed by atoms with Crippen LogP contribution in [0.1, 0.15) is 4.88 Å². The van der Waals surface area contributed by atoms with Gasteiger partial charge in [-0.2, -0.15) is 0 Å². The van der Waals surface area contributed by atoms with E-state index in [4.69, 9.17) is 0 Å². The summed E-state index contributed by atoms with van der Waals surface area (Å²) in [5, 5.41) is 1.88. The fourth-order valence-corrected chi connectivity index (χ4v) is 1.85. The maximum Gasteiger partial charge on any atom is 0.245 e. The summed E-state index contributed by atoms with van der Waals surface area (Å²) in [6.45, 7) is 0. The van der Waals surface area contributed by atoms with Crippen LogP contribution < -0.4 is 0 Å². The molecule has 1 nitrogen and oxygen atoms in total. The Hall–Kier alpha value is 0.100. The highest BCUT2D eigenvalue weighted by Crippen LogP contribution is 2.15. The molecular formula is C5H2IOS. The van der Waals surface area contributed by atoms with Crippen molar-refractivity contribution in [3.8, 4) is 0 Å². The Bertz CT molecular complexity index is 194. The predicted molar refractivity (Wildman–Crippen MR) is 41.8 cm³/mol. The Labute approximate surface area is 64.9 Å². The third-order valence-corrected chi connectivity index (χ3v) is 2.79. The van der Waals surface area contributed by atoms with Gasteiger partial charge in [-0.3, -0.25) is 4.79 Å². The molecule has 0 aliphatic heterocycles.